The second-order valence-corrected chi connectivity index (χ2v) is 8.63. The van der Waals surface area contributed by atoms with E-state index in [2.05, 4.69) is 4.89 Å². The minimum atomic E-state index is -5.13. The van der Waals surface area contributed by atoms with Crippen LogP contribution in [0.25, 0.3) is 0 Å². The van der Waals surface area contributed by atoms with Crippen molar-refractivity contribution in [1.82, 2.24) is 0 Å². The van der Waals surface area contributed by atoms with Crippen molar-refractivity contribution in [1.29, 1.82) is 0 Å². The zero-order valence-corrected chi connectivity index (χ0v) is 30.6. The summed E-state index contributed by atoms with van der Waals surface area (Å²) in [5.41, 5.74) is 0. The van der Waals surface area contributed by atoms with Crippen LogP contribution in [-0.4, -0.2) is 121 Å². The summed E-state index contributed by atoms with van der Waals surface area (Å²) in [4.78, 5) is 7.02. The summed E-state index contributed by atoms with van der Waals surface area (Å²) in [6.07, 6.45) is -2.83. The molecule has 0 aliphatic carbocycles. The summed E-state index contributed by atoms with van der Waals surface area (Å²) in [6, 6.07) is 0. The van der Waals surface area contributed by atoms with Gasteiger partial charge in [-0.2, -0.15) is 52.0 Å². The summed E-state index contributed by atoms with van der Waals surface area (Å²) in [5.74, 6) is -8.91. The SMILES string of the molecule is O=CO[O-].O=S(=O)=S(=O)=O.O=S([O-])C(F)(F)C(F)(F)CCO.OCCC(F)(F)C(F)(F)Br.[Na+].[Na+].[Na][Na]. The maximum absolute atomic E-state index is 12.1. The van der Waals surface area contributed by atoms with E-state index in [0.29, 0.717) is 0 Å². The zero-order chi connectivity index (χ0) is 29.0. The molecular weight excluding hydrogens is 704 g/mol. The van der Waals surface area contributed by atoms with Crippen molar-refractivity contribution < 1.29 is 145 Å². The van der Waals surface area contributed by atoms with Crippen LogP contribution < -0.4 is 64.4 Å². The second kappa shape index (κ2) is 29.5. The molecule has 36 heavy (non-hydrogen) atoms. The number of carbonyl (C=O) groups excluding carboxylic acids is 1. The Kier molecular flexibility index (Phi) is 45.1. The summed E-state index contributed by atoms with van der Waals surface area (Å²) in [7, 11) is -5.90. The van der Waals surface area contributed by atoms with Crippen LogP contribution in [0, 0.1) is 0 Å². The Hall–Kier alpha value is 3.02. The molecule has 0 rings (SSSR count). The summed E-state index contributed by atoms with van der Waals surface area (Å²) in [6.45, 7) is -2.35. The first-order chi connectivity index (χ1) is 15.1. The van der Waals surface area contributed by atoms with Gasteiger partial charge in [-0.15, -0.1) is 0 Å². The van der Waals surface area contributed by atoms with Crippen molar-refractivity contribution in [3.8, 4) is 0 Å². The Morgan fingerprint density at radius 1 is 0.806 bits per heavy atom. The van der Waals surface area contributed by atoms with Crippen LogP contribution in [0.1, 0.15) is 12.8 Å². The standard InChI is InChI=1S/C4H5BrF4O.C4H6F4O3S.CH2O3.4Na.O4S2/c5-4(8,9)3(6,7)1-2-10;5-3(6,1-2-9)4(7,8)12(10)11;2-1-4-3;;;;;1-5(2)6(3)4/h10H,1-2H2;9H,1-2H2,(H,10,11);1,3H;;;;;/q;;;;;2*+1;/p-2. The molecule has 2 N–H and O–H groups in total. The molecule has 198 valence electrons. The van der Waals surface area contributed by atoms with Crippen LogP contribution in [0.3, 0.4) is 0 Å². The van der Waals surface area contributed by atoms with Crippen molar-refractivity contribution in [3.63, 3.8) is 0 Å². The fourth-order valence-electron chi connectivity index (χ4n) is 0.690. The minimum absolute atomic E-state index is 0. The summed E-state index contributed by atoms with van der Waals surface area (Å²) < 4.78 is 151. The number of aliphatic hydroxyl groups excluding tert-OH is 2. The predicted molar refractivity (Wildman–Crippen MR) is 97.5 cm³/mol. The van der Waals surface area contributed by atoms with E-state index in [1.54, 1.807) is 0 Å². The number of aliphatic hydroxyl groups is 2. The van der Waals surface area contributed by atoms with Gasteiger partial charge >= 0.3 is 143 Å². The fourth-order valence-corrected chi connectivity index (χ4v) is 1.23. The maximum atomic E-state index is 12.1. The van der Waals surface area contributed by atoms with Crippen LogP contribution in [0.5, 0.6) is 0 Å². The number of alkyl halides is 9. The molecule has 1 atom stereocenters. The number of rotatable bonds is 8. The zero-order valence-electron chi connectivity index (χ0n) is 18.6. The average Bonchev–Trinajstić information content (AvgIpc) is 2.69. The molecule has 0 spiro atoms. The normalized spacial score (nSPS) is 11.2. The Morgan fingerprint density at radius 2 is 1.06 bits per heavy atom. The molecule has 11 nitrogen and oxygen atoms in total. The Morgan fingerprint density at radius 3 is 1.17 bits per heavy atom. The van der Waals surface area contributed by atoms with Gasteiger partial charge in [0.2, 0.25) is 0 Å². The molecule has 0 saturated carbocycles. The molecule has 0 amide bonds. The molecule has 0 aromatic heterocycles. The van der Waals surface area contributed by atoms with Crippen molar-refractivity contribution in [3.05, 3.63) is 0 Å². The molecule has 0 radical (unpaired) electrons. The fraction of sp³-hybridized carbons (Fsp3) is 0.889. The third-order valence-corrected chi connectivity index (χ3v) is 4.24. The van der Waals surface area contributed by atoms with Gasteiger partial charge < -0.3 is 24.9 Å². The second-order valence-electron chi connectivity index (χ2n) is 4.21. The third kappa shape index (κ3) is 30.0. The van der Waals surface area contributed by atoms with Crippen molar-refractivity contribution in [2.24, 2.45) is 0 Å². The van der Waals surface area contributed by atoms with Gasteiger partial charge in [-0.3, -0.25) is 9.00 Å². The van der Waals surface area contributed by atoms with E-state index in [0.717, 1.165) is 0 Å². The van der Waals surface area contributed by atoms with Crippen LogP contribution >= 0.6 is 15.9 Å². The third-order valence-electron chi connectivity index (χ3n) is 2.05. The first-order valence-electron chi connectivity index (χ1n) is 7.55. The average molecular weight is 715 g/mol. The van der Waals surface area contributed by atoms with Gasteiger partial charge in [-0.05, 0) is 15.9 Å². The van der Waals surface area contributed by atoms with Crippen LogP contribution in [-0.2, 0) is 39.3 Å². The van der Waals surface area contributed by atoms with Gasteiger partial charge in [-0.1, -0.05) is 0 Å². The van der Waals surface area contributed by atoms with Gasteiger partial charge in [0.25, 0.3) is 6.47 Å². The molecule has 0 aromatic rings. The molecule has 0 aliphatic rings. The van der Waals surface area contributed by atoms with Crippen LogP contribution in [0.2, 0.25) is 0 Å². The number of halogens is 9. The van der Waals surface area contributed by atoms with E-state index < -0.39 is 77.6 Å². The predicted octanol–water partition coefficient (Wildman–Crippen LogP) is -7.19. The number of carbonyl (C=O) groups is 1. The van der Waals surface area contributed by atoms with Gasteiger partial charge in [-0.25, -0.2) is 0 Å². The summed E-state index contributed by atoms with van der Waals surface area (Å²) in [5, 5.41) is 19.2. The van der Waals surface area contributed by atoms with Crippen molar-refractivity contribution in [2.45, 2.75) is 34.8 Å². The van der Waals surface area contributed by atoms with Crippen molar-refractivity contribution >= 4 is 95.6 Å². The monoisotopic (exact) mass is 714 g/mol. The Balaban J connectivity index is -0.0000000635. The van der Waals surface area contributed by atoms with Gasteiger partial charge in [0.1, 0.15) is 0 Å². The van der Waals surface area contributed by atoms with Crippen molar-refractivity contribution in [2.75, 3.05) is 13.2 Å². The molecule has 0 fully saturated rings. The van der Waals surface area contributed by atoms with Gasteiger partial charge in [0.15, 0.2) is 0 Å². The number of hydrogen-bond acceptors (Lipinski definition) is 11. The molecule has 27 heteroatoms. The molecule has 0 heterocycles. The summed E-state index contributed by atoms with van der Waals surface area (Å²) >= 11 is 0.204. The molecule has 0 bridgehead atoms. The first-order valence-corrected chi connectivity index (χ1v) is 20.1. The quantitative estimate of drug-likeness (QED) is 0.0461. The van der Waals surface area contributed by atoms with Gasteiger partial charge in [0, 0.05) is 37.1 Å². The van der Waals surface area contributed by atoms with E-state index in [4.69, 9.17) is 37.1 Å². The van der Waals surface area contributed by atoms with E-state index in [1.165, 1.54) is 59.5 Å². The van der Waals surface area contributed by atoms with E-state index >= 15 is 0 Å². The molecular formula is C9H11BrF8Na4O11S3. The Labute approximate surface area is 284 Å². The molecule has 1 unspecified atom stereocenters. The molecule has 0 aromatic carbocycles. The van der Waals surface area contributed by atoms with Crippen LogP contribution in [0.4, 0.5) is 35.1 Å². The van der Waals surface area contributed by atoms with E-state index in [9.17, 15) is 43.9 Å². The molecule has 0 saturated heterocycles. The Bertz CT molecular complexity index is 772. The number of hydrogen-bond donors (Lipinski definition) is 2. The molecule has 0 aliphatic heterocycles. The van der Waals surface area contributed by atoms with Gasteiger partial charge in [0.05, 0.1) is 0 Å². The topological polar surface area (TPSA) is 198 Å². The van der Waals surface area contributed by atoms with E-state index in [-0.39, 0.29) is 65.6 Å². The van der Waals surface area contributed by atoms with Crippen LogP contribution in [0.15, 0.2) is 0 Å². The van der Waals surface area contributed by atoms with E-state index in [1.807, 2.05) is 0 Å². The first kappa shape index (κ1) is 55.0.